The van der Waals surface area contributed by atoms with E-state index < -0.39 is 16.8 Å². The summed E-state index contributed by atoms with van der Waals surface area (Å²) >= 11 is 0. The normalized spacial score (nSPS) is 21.6. The number of hydrogen-bond acceptors (Lipinski definition) is 6. The summed E-state index contributed by atoms with van der Waals surface area (Å²) in [7, 11) is 0. The number of nitriles is 1. The van der Waals surface area contributed by atoms with Gasteiger partial charge in [-0.15, -0.1) is 0 Å². The van der Waals surface area contributed by atoms with E-state index >= 15 is 0 Å². The van der Waals surface area contributed by atoms with Crippen molar-refractivity contribution in [1.82, 2.24) is 4.98 Å². The van der Waals surface area contributed by atoms with E-state index in [1.807, 2.05) is 0 Å². The molecule has 0 bridgehead atoms. The number of aliphatic carboxylic acids is 1. The van der Waals surface area contributed by atoms with Gasteiger partial charge in [-0.25, -0.2) is 4.98 Å². The van der Waals surface area contributed by atoms with Gasteiger partial charge in [-0.1, -0.05) is 0 Å². The molecule has 0 aliphatic carbocycles. The highest BCUT2D eigenvalue weighted by Gasteiger charge is 2.34. The van der Waals surface area contributed by atoms with Crippen molar-refractivity contribution in [2.24, 2.45) is 5.92 Å². The number of carbonyl (C=O) groups is 1. The first-order valence-electron chi connectivity index (χ1n) is 6.48. The highest BCUT2D eigenvalue weighted by atomic mass is 16.6. The lowest BCUT2D eigenvalue weighted by Crippen LogP contribution is -2.43. The van der Waals surface area contributed by atoms with Gasteiger partial charge in [-0.2, -0.15) is 5.26 Å². The summed E-state index contributed by atoms with van der Waals surface area (Å²) in [6, 6.07) is 2.90. The Morgan fingerprint density at radius 3 is 2.90 bits per heavy atom. The van der Waals surface area contributed by atoms with Gasteiger partial charge in [0.2, 0.25) is 5.82 Å². The molecule has 110 valence electrons. The van der Waals surface area contributed by atoms with Crippen LogP contribution in [0.2, 0.25) is 0 Å². The minimum Gasteiger partial charge on any atom is -0.481 e. The standard InChI is InChI=1S/C13H14N4O4/c1-8-6-9(13(18)19)3-5-16(8)12-11(17(20)21)10(7-14)2-4-15-12/h2,4,8-9H,3,5-6H2,1H3,(H,18,19). The first-order chi connectivity index (χ1) is 9.95. The summed E-state index contributed by atoms with van der Waals surface area (Å²) in [5.74, 6) is -1.17. The Morgan fingerprint density at radius 2 is 2.38 bits per heavy atom. The second-order valence-electron chi connectivity index (χ2n) is 5.00. The second-order valence-corrected chi connectivity index (χ2v) is 5.00. The van der Waals surface area contributed by atoms with Crippen LogP contribution >= 0.6 is 0 Å². The van der Waals surface area contributed by atoms with Crippen molar-refractivity contribution in [2.45, 2.75) is 25.8 Å². The number of hydrogen-bond donors (Lipinski definition) is 1. The van der Waals surface area contributed by atoms with E-state index in [-0.39, 0.29) is 23.1 Å². The smallest absolute Gasteiger partial charge is 0.329 e. The zero-order valence-corrected chi connectivity index (χ0v) is 11.4. The summed E-state index contributed by atoms with van der Waals surface area (Å²) in [5.41, 5.74) is -0.363. The Hall–Kier alpha value is -2.69. The quantitative estimate of drug-likeness (QED) is 0.662. The molecule has 1 saturated heterocycles. The number of carboxylic acid groups (broad SMARTS) is 1. The molecule has 21 heavy (non-hydrogen) atoms. The zero-order chi connectivity index (χ0) is 15.6. The number of nitrogens with zero attached hydrogens (tertiary/aromatic N) is 4. The van der Waals surface area contributed by atoms with Crippen LogP contribution in [0.4, 0.5) is 11.5 Å². The third-order valence-electron chi connectivity index (χ3n) is 3.71. The maximum atomic E-state index is 11.2. The lowest BCUT2D eigenvalue weighted by Gasteiger charge is -2.36. The first kappa shape index (κ1) is 14.7. The number of aromatic nitrogens is 1. The predicted molar refractivity (Wildman–Crippen MR) is 72.8 cm³/mol. The van der Waals surface area contributed by atoms with Crippen molar-refractivity contribution in [3.63, 3.8) is 0 Å². The zero-order valence-electron chi connectivity index (χ0n) is 11.4. The Kier molecular flexibility index (Phi) is 4.03. The maximum absolute atomic E-state index is 11.2. The van der Waals surface area contributed by atoms with E-state index in [9.17, 15) is 14.9 Å². The Bertz CT molecular complexity index is 625. The van der Waals surface area contributed by atoms with Gasteiger partial charge in [-0.3, -0.25) is 14.9 Å². The Balaban J connectivity index is 2.37. The molecule has 2 atom stereocenters. The third-order valence-corrected chi connectivity index (χ3v) is 3.71. The number of piperidine rings is 1. The molecule has 2 unspecified atom stereocenters. The van der Waals surface area contributed by atoms with Crippen molar-refractivity contribution in [2.75, 3.05) is 11.4 Å². The van der Waals surface area contributed by atoms with Gasteiger partial charge in [-0.05, 0) is 25.8 Å². The fourth-order valence-corrected chi connectivity index (χ4v) is 2.63. The molecule has 2 rings (SSSR count). The lowest BCUT2D eigenvalue weighted by atomic mass is 9.91. The van der Waals surface area contributed by atoms with Crippen molar-refractivity contribution < 1.29 is 14.8 Å². The van der Waals surface area contributed by atoms with E-state index in [0.29, 0.717) is 19.4 Å². The molecule has 1 aliphatic heterocycles. The van der Waals surface area contributed by atoms with E-state index in [1.165, 1.54) is 12.3 Å². The van der Waals surface area contributed by atoms with Crippen molar-refractivity contribution in [3.05, 3.63) is 27.9 Å². The molecule has 0 saturated carbocycles. The average molecular weight is 290 g/mol. The molecule has 0 spiro atoms. The second kappa shape index (κ2) is 5.75. The molecule has 1 aromatic heterocycles. The molecule has 2 heterocycles. The SMILES string of the molecule is CC1CC(C(=O)O)CCN1c1nccc(C#N)c1[N+](=O)[O-]. The highest BCUT2D eigenvalue weighted by Crippen LogP contribution is 2.34. The number of nitro groups is 1. The molecule has 1 aliphatic rings. The van der Waals surface area contributed by atoms with Crippen LogP contribution in [0.5, 0.6) is 0 Å². The molecule has 1 fully saturated rings. The van der Waals surface area contributed by atoms with Gasteiger partial charge in [0, 0.05) is 18.8 Å². The topological polar surface area (TPSA) is 120 Å². The average Bonchev–Trinajstić information content (AvgIpc) is 2.46. The van der Waals surface area contributed by atoms with Gasteiger partial charge < -0.3 is 10.0 Å². The van der Waals surface area contributed by atoms with E-state index in [0.717, 1.165) is 0 Å². The third kappa shape index (κ3) is 2.76. The van der Waals surface area contributed by atoms with Crippen molar-refractivity contribution in [1.29, 1.82) is 5.26 Å². The Labute approximate surface area is 120 Å². The first-order valence-corrected chi connectivity index (χ1v) is 6.48. The largest absolute Gasteiger partial charge is 0.481 e. The number of pyridine rings is 1. The number of rotatable bonds is 3. The monoisotopic (exact) mass is 290 g/mol. The van der Waals surface area contributed by atoms with Gasteiger partial charge in [0.15, 0.2) is 0 Å². The predicted octanol–water partition coefficient (Wildman–Crippen LogP) is 1.55. The number of carboxylic acids is 1. The van der Waals surface area contributed by atoms with Crippen LogP contribution in [0.1, 0.15) is 25.3 Å². The van der Waals surface area contributed by atoms with Crippen LogP contribution < -0.4 is 4.90 Å². The molecule has 0 aromatic carbocycles. The lowest BCUT2D eigenvalue weighted by molar-refractivity contribution is -0.384. The highest BCUT2D eigenvalue weighted by molar-refractivity contribution is 5.71. The molecular weight excluding hydrogens is 276 g/mol. The van der Waals surface area contributed by atoms with Crippen LogP contribution in [0, 0.1) is 27.4 Å². The number of anilines is 1. The fraction of sp³-hybridized carbons (Fsp3) is 0.462. The van der Waals surface area contributed by atoms with E-state index in [2.05, 4.69) is 4.98 Å². The summed E-state index contributed by atoms with van der Waals surface area (Å²) in [6.45, 7) is 2.17. The van der Waals surface area contributed by atoms with Gasteiger partial charge in [0.25, 0.3) is 0 Å². The molecule has 1 aromatic rings. The molecular formula is C13H14N4O4. The van der Waals surface area contributed by atoms with Gasteiger partial charge in [0.05, 0.1) is 10.8 Å². The minimum atomic E-state index is -0.852. The molecule has 1 N–H and O–H groups in total. The van der Waals surface area contributed by atoms with Gasteiger partial charge in [0.1, 0.15) is 11.6 Å². The van der Waals surface area contributed by atoms with Crippen LogP contribution in [0.15, 0.2) is 12.3 Å². The maximum Gasteiger partial charge on any atom is 0.329 e. The van der Waals surface area contributed by atoms with Crippen LogP contribution in [-0.4, -0.2) is 33.6 Å². The minimum absolute atomic E-state index is 0.0439. The summed E-state index contributed by atoms with van der Waals surface area (Å²) in [4.78, 5) is 27.4. The molecule has 8 nitrogen and oxygen atoms in total. The van der Waals surface area contributed by atoms with Crippen LogP contribution in [-0.2, 0) is 4.79 Å². The van der Waals surface area contributed by atoms with Crippen molar-refractivity contribution >= 4 is 17.5 Å². The molecule has 8 heteroatoms. The summed E-state index contributed by atoms with van der Waals surface area (Å²) < 4.78 is 0. The molecule has 0 radical (unpaired) electrons. The van der Waals surface area contributed by atoms with E-state index in [4.69, 9.17) is 10.4 Å². The summed E-state index contributed by atoms with van der Waals surface area (Å²) in [6.07, 6.45) is 2.15. The van der Waals surface area contributed by atoms with Crippen molar-refractivity contribution in [3.8, 4) is 6.07 Å². The van der Waals surface area contributed by atoms with Gasteiger partial charge >= 0.3 is 11.7 Å². The van der Waals surface area contributed by atoms with Crippen LogP contribution in [0.25, 0.3) is 0 Å². The fourth-order valence-electron chi connectivity index (χ4n) is 2.63. The molecule has 0 amide bonds. The van der Waals surface area contributed by atoms with E-state index in [1.54, 1.807) is 17.9 Å². The summed E-state index contributed by atoms with van der Waals surface area (Å²) in [5, 5.41) is 29.3. The van der Waals surface area contributed by atoms with Crippen LogP contribution in [0.3, 0.4) is 0 Å². The Morgan fingerprint density at radius 1 is 1.67 bits per heavy atom.